The maximum absolute atomic E-state index is 5.97. The van der Waals surface area contributed by atoms with Gasteiger partial charge in [-0.25, -0.2) is 4.98 Å². The predicted octanol–water partition coefficient (Wildman–Crippen LogP) is 3.72. The molecule has 3 rings (SSSR count). The number of hydrogen-bond donors (Lipinski definition) is 1. The van der Waals surface area contributed by atoms with Crippen LogP contribution in [0.25, 0.3) is 16.2 Å². The first-order valence-electron chi connectivity index (χ1n) is 6.11. The van der Waals surface area contributed by atoms with Crippen LogP contribution in [0, 0.1) is 0 Å². The van der Waals surface area contributed by atoms with Gasteiger partial charge in [-0.2, -0.15) is 0 Å². The molecular weight excluding hydrogens is 322 g/mol. The second-order valence-corrected chi connectivity index (χ2v) is 6.44. The number of nitrogens with two attached hydrogens (primary N) is 1. The summed E-state index contributed by atoms with van der Waals surface area (Å²) >= 11 is 5.11. The van der Waals surface area contributed by atoms with Gasteiger partial charge in [0.05, 0.1) is 11.4 Å². The molecule has 0 fully saturated rings. The first-order valence-corrected chi connectivity index (χ1v) is 7.78. The minimum Gasteiger partial charge on any atom is -0.328 e. The SMILES string of the molecule is CC(N)Cc1c(-c2ccc(Br)cc2)nc2sccn12. The predicted molar refractivity (Wildman–Crippen MR) is 83.6 cm³/mol. The molecule has 5 heteroatoms. The van der Waals surface area contributed by atoms with Crippen LogP contribution in [0.3, 0.4) is 0 Å². The number of hydrogen-bond acceptors (Lipinski definition) is 3. The van der Waals surface area contributed by atoms with Crippen molar-refractivity contribution in [3.63, 3.8) is 0 Å². The molecule has 0 aliphatic rings. The molecule has 0 amide bonds. The monoisotopic (exact) mass is 335 g/mol. The van der Waals surface area contributed by atoms with Crippen LogP contribution in [0.5, 0.6) is 0 Å². The number of halogens is 1. The van der Waals surface area contributed by atoms with Gasteiger partial charge in [0.15, 0.2) is 4.96 Å². The molecule has 0 saturated carbocycles. The number of thiazole rings is 1. The Hall–Kier alpha value is -1.17. The first kappa shape index (κ1) is 12.8. The second-order valence-electron chi connectivity index (χ2n) is 4.65. The van der Waals surface area contributed by atoms with Gasteiger partial charge in [0.2, 0.25) is 0 Å². The van der Waals surface area contributed by atoms with E-state index >= 15 is 0 Å². The van der Waals surface area contributed by atoms with Crippen molar-refractivity contribution in [1.82, 2.24) is 9.38 Å². The van der Waals surface area contributed by atoms with Crippen LogP contribution in [0.1, 0.15) is 12.6 Å². The average Bonchev–Trinajstić information content (AvgIpc) is 2.93. The molecule has 3 nitrogen and oxygen atoms in total. The molecule has 3 aromatic rings. The second kappa shape index (κ2) is 5.07. The zero-order valence-corrected chi connectivity index (χ0v) is 12.9. The van der Waals surface area contributed by atoms with Crippen LogP contribution in [-0.4, -0.2) is 15.4 Å². The smallest absolute Gasteiger partial charge is 0.194 e. The van der Waals surface area contributed by atoms with Crippen LogP contribution in [0.15, 0.2) is 40.3 Å². The zero-order chi connectivity index (χ0) is 13.4. The first-order chi connectivity index (χ1) is 9.15. The van der Waals surface area contributed by atoms with Gasteiger partial charge in [-0.3, -0.25) is 4.40 Å². The molecule has 1 unspecified atom stereocenters. The molecule has 0 spiro atoms. The summed E-state index contributed by atoms with van der Waals surface area (Å²) in [5, 5.41) is 2.05. The molecule has 1 atom stereocenters. The average molecular weight is 336 g/mol. The van der Waals surface area contributed by atoms with Gasteiger partial charge in [-0.1, -0.05) is 28.1 Å². The summed E-state index contributed by atoms with van der Waals surface area (Å²) in [7, 11) is 0. The van der Waals surface area contributed by atoms with E-state index < -0.39 is 0 Å². The summed E-state index contributed by atoms with van der Waals surface area (Å²) in [6.45, 7) is 2.02. The Kier molecular flexibility index (Phi) is 3.43. The molecule has 0 radical (unpaired) electrons. The standard InChI is InChI=1S/C14H14BrN3S/c1-9(16)8-12-13(10-2-4-11(15)5-3-10)17-14-18(12)6-7-19-14/h2-7,9H,8,16H2,1H3. The summed E-state index contributed by atoms with van der Waals surface area (Å²) in [5.74, 6) is 0. The van der Waals surface area contributed by atoms with Crippen LogP contribution in [0.4, 0.5) is 0 Å². The van der Waals surface area contributed by atoms with Gasteiger partial charge in [-0.05, 0) is 19.1 Å². The molecule has 0 aliphatic carbocycles. The summed E-state index contributed by atoms with van der Waals surface area (Å²) in [6, 6.07) is 8.37. The molecule has 0 saturated heterocycles. The van der Waals surface area contributed by atoms with E-state index in [0.717, 1.165) is 27.1 Å². The van der Waals surface area contributed by atoms with Gasteiger partial charge < -0.3 is 5.73 Å². The Morgan fingerprint density at radius 1 is 1.37 bits per heavy atom. The lowest BCUT2D eigenvalue weighted by Gasteiger charge is -2.07. The highest BCUT2D eigenvalue weighted by molar-refractivity contribution is 9.10. The largest absolute Gasteiger partial charge is 0.328 e. The van der Waals surface area contributed by atoms with Crippen molar-refractivity contribution in [3.05, 3.63) is 46.0 Å². The third-order valence-electron chi connectivity index (χ3n) is 2.99. The van der Waals surface area contributed by atoms with Crippen molar-refractivity contribution >= 4 is 32.2 Å². The summed E-state index contributed by atoms with van der Waals surface area (Å²) < 4.78 is 3.22. The van der Waals surface area contributed by atoms with Gasteiger partial charge in [0, 0.05) is 34.1 Å². The molecule has 0 bridgehead atoms. The molecule has 2 N–H and O–H groups in total. The summed E-state index contributed by atoms with van der Waals surface area (Å²) in [5.41, 5.74) is 9.33. The Labute approximate surface area is 124 Å². The molecule has 2 aromatic heterocycles. The van der Waals surface area contributed by atoms with E-state index in [9.17, 15) is 0 Å². The van der Waals surface area contributed by atoms with Crippen molar-refractivity contribution in [3.8, 4) is 11.3 Å². The number of imidazole rings is 1. The topological polar surface area (TPSA) is 43.3 Å². The number of rotatable bonds is 3. The van der Waals surface area contributed by atoms with E-state index in [1.165, 1.54) is 5.69 Å². The summed E-state index contributed by atoms with van der Waals surface area (Å²) in [6.07, 6.45) is 2.89. The minimum absolute atomic E-state index is 0.119. The number of aromatic nitrogens is 2. The van der Waals surface area contributed by atoms with E-state index in [4.69, 9.17) is 10.7 Å². The van der Waals surface area contributed by atoms with E-state index in [1.807, 2.05) is 19.1 Å². The van der Waals surface area contributed by atoms with E-state index in [0.29, 0.717) is 0 Å². The molecule has 1 aromatic carbocycles. The normalized spacial score (nSPS) is 13.0. The fourth-order valence-electron chi connectivity index (χ4n) is 2.17. The lowest BCUT2D eigenvalue weighted by molar-refractivity contribution is 0.719. The van der Waals surface area contributed by atoms with Crippen LogP contribution >= 0.6 is 27.3 Å². The third-order valence-corrected chi connectivity index (χ3v) is 4.28. The number of nitrogens with zero attached hydrogens (tertiary/aromatic N) is 2. The van der Waals surface area contributed by atoms with Crippen molar-refractivity contribution < 1.29 is 0 Å². The number of fused-ring (bicyclic) bond motifs is 1. The Morgan fingerprint density at radius 3 is 2.79 bits per heavy atom. The molecule has 98 valence electrons. The minimum atomic E-state index is 0.119. The molecular formula is C14H14BrN3S. The lowest BCUT2D eigenvalue weighted by Crippen LogP contribution is -2.19. The Morgan fingerprint density at radius 2 is 2.11 bits per heavy atom. The Bertz CT molecular complexity index is 697. The fraction of sp³-hybridized carbons (Fsp3) is 0.214. The van der Waals surface area contributed by atoms with Crippen molar-refractivity contribution in [1.29, 1.82) is 0 Å². The third kappa shape index (κ3) is 2.45. The molecule has 2 heterocycles. The quantitative estimate of drug-likeness (QED) is 0.792. The Balaban J connectivity index is 2.16. The van der Waals surface area contributed by atoms with Gasteiger partial charge >= 0.3 is 0 Å². The van der Waals surface area contributed by atoms with Crippen LogP contribution in [-0.2, 0) is 6.42 Å². The number of benzene rings is 1. The van der Waals surface area contributed by atoms with Crippen molar-refractivity contribution in [2.45, 2.75) is 19.4 Å². The van der Waals surface area contributed by atoms with E-state index in [2.05, 4.69) is 44.0 Å². The highest BCUT2D eigenvalue weighted by Crippen LogP contribution is 2.28. The molecule has 0 aliphatic heterocycles. The maximum atomic E-state index is 5.97. The highest BCUT2D eigenvalue weighted by atomic mass is 79.9. The van der Waals surface area contributed by atoms with Gasteiger partial charge in [0.1, 0.15) is 0 Å². The highest BCUT2D eigenvalue weighted by Gasteiger charge is 2.15. The van der Waals surface area contributed by atoms with Gasteiger partial charge in [-0.15, -0.1) is 11.3 Å². The van der Waals surface area contributed by atoms with Gasteiger partial charge in [0.25, 0.3) is 0 Å². The van der Waals surface area contributed by atoms with Crippen LogP contribution in [0.2, 0.25) is 0 Å². The lowest BCUT2D eigenvalue weighted by atomic mass is 10.1. The molecule has 19 heavy (non-hydrogen) atoms. The fourth-order valence-corrected chi connectivity index (χ4v) is 3.17. The van der Waals surface area contributed by atoms with Crippen molar-refractivity contribution in [2.75, 3.05) is 0 Å². The van der Waals surface area contributed by atoms with E-state index in [1.54, 1.807) is 11.3 Å². The maximum Gasteiger partial charge on any atom is 0.194 e. The van der Waals surface area contributed by atoms with E-state index in [-0.39, 0.29) is 6.04 Å². The van der Waals surface area contributed by atoms with Crippen molar-refractivity contribution in [2.24, 2.45) is 5.73 Å². The van der Waals surface area contributed by atoms with Crippen LogP contribution < -0.4 is 5.73 Å². The zero-order valence-electron chi connectivity index (χ0n) is 10.5. The summed E-state index contributed by atoms with van der Waals surface area (Å²) in [4.78, 5) is 5.76.